The van der Waals surface area contributed by atoms with Crippen molar-refractivity contribution in [3.05, 3.63) is 23.9 Å². The van der Waals surface area contributed by atoms with E-state index < -0.39 is 0 Å². The highest BCUT2D eigenvalue weighted by molar-refractivity contribution is 5.24. The molecule has 1 fully saturated rings. The Morgan fingerprint density at radius 2 is 2.46 bits per heavy atom. The summed E-state index contributed by atoms with van der Waals surface area (Å²) in [6.45, 7) is 1.18. The number of hydrogen-bond acceptors (Lipinski definition) is 4. The molecule has 0 saturated carbocycles. The van der Waals surface area contributed by atoms with Gasteiger partial charge in [-0.3, -0.25) is 0 Å². The van der Waals surface area contributed by atoms with Crippen LogP contribution < -0.4 is 4.74 Å². The fraction of sp³-hybridized carbons (Fsp3) is 0.444. The van der Waals surface area contributed by atoms with Gasteiger partial charge in [0.25, 0.3) is 0 Å². The van der Waals surface area contributed by atoms with Gasteiger partial charge in [0.1, 0.15) is 6.10 Å². The summed E-state index contributed by atoms with van der Waals surface area (Å²) in [5.74, 6) is 0.512. The lowest BCUT2D eigenvalue weighted by Gasteiger charge is -2.26. The average Bonchev–Trinajstić information content (AvgIpc) is 2.12. The van der Waals surface area contributed by atoms with Gasteiger partial charge >= 0.3 is 0 Å². The predicted octanol–water partition coefficient (Wildman–Crippen LogP) is 0.351. The van der Waals surface area contributed by atoms with Gasteiger partial charge in [0.2, 0.25) is 5.88 Å². The summed E-state index contributed by atoms with van der Waals surface area (Å²) < 4.78 is 10.4. The number of hydrogen-bond donors (Lipinski definition) is 1. The molecule has 0 unspecified atom stereocenters. The second kappa shape index (κ2) is 3.72. The molecule has 0 bridgehead atoms. The van der Waals surface area contributed by atoms with Crippen LogP contribution in [0.1, 0.15) is 5.56 Å². The Morgan fingerprint density at radius 1 is 1.62 bits per heavy atom. The summed E-state index contributed by atoms with van der Waals surface area (Å²) in [5.41, 5.74) is 0.717. The zero-order chi connectivity index (χ0) is 9.10. The van der Waals surface area contributed by atoms with E-state index in [-0.39, 0.29) is 12.7 Å². The van der Waals surface area contributed by atoms with Crippen LogP contribution in [0.25, 0.3) is 0 Å². The molecule has 13 heavy (non-hydrogen) atoms. The maximum absolute atomic E-state index is 8.97. The van der Waals surface area contributed by atoms with Crippen LogP contribution in [0.4, 0.5) is 0 Å². The molecule has 2 heterocycles. The average molecular weight is 181 g/mol. The Hall–Kier alpha value is -1.13. The Balaban J connectivity index is 2.08. The van der Waals surface area contributed by atoms with E-state index in [4.69, 9.17) is 14.6 Å². The molecule has 0 radical (unpaired) electrons. The van der Waals surface area contributed by atoms with E-state index in [1.807, 2.05) is 0 Å². The number of aliphatic hydroxyl groups excluding tert-OH is 1. The van der Waals surface area contributed by atoms with Crippen LogP contribution in [0.15, 0.2) is 18.3 Å². The highest BCUT2D eigenvalue weighted by Crippen LogP contribution is 2.17. The lowest BCUT2D eigenvalue weighted by Crippen LogP contribution is -2.39. The van der Waals surface area contributed by atoms with Crippen LogP contribution in [-0.4, -0.2) is 29.4 Å². The van der Waals surface area contributed by atoms with Gasteiger partial charge in [-0.25, -0.2) is 4.98 Å². The Bertz CT molecular complexity index is 286. The van der Waals surface area contributed by atoms with Gasteiger partial charge in [0, 0.05) is 11.8 Å². The van der Waals surface area contributed by atoms with Gasteiger partial charge in [-0.2, -0.15) is 0 Å². The van der Waals surface area contributed by atoms with Crippen molar-refractivity contribution in [3.63, 3.8) is 0 Å². The second-order valence-corrected chi connectivity index (χ2v) is 2.90. The first-order valence-corrected chi connectivity index (χ1v) is 4.19. The van der Waals surface area contributed by atoms with E-state index >= 15 is 0 Å². The molecule has 4 nitrogen and oxygen atoms in total. The lowest BCUT2D eigenvalue weighted by atomic mass is 10.3. The van der Waals surface area contributed by atoms with Crippen LogP contribution in [0.3, 0.4) is 0 Å². The molecule has 0 amide bonds. The fourth-order valence-corrected chi connectivity index (χ4v) is 1.09. The minimum atomic E-state index is -0.0449. The molecular formula is C9H11NO3. The summed E-state index contributed by atoms with van der Waals surface area (Å²) in [6, 6.07) is 3.57. The van der Waals surface area contributed by atoms with Gasteiger partial charge in [-0.1, -0.05) is 0 Å². The smallest absolute Gasteiger partial charge is 0.219 e. The monoisotopic (exact) mass is 181 g/mol. The number of ether oxygens (including phenoxy) is 2. The molecule has 1 aliphatic heterocycles. The molecule has 1 aliphatic rings. The fourth-order valence-electron chi connectivity index (χ4n) is 1.09. The van der Waals surface area contributed by atoms with E-state index in [0.29, 0.717) is 19.1 Å². The van der Waals surface area contributed by atoms with Gasteiger partial charge < -0.3 is 14.6 Å². The van der Waals surface area contributed by atoms with E-state index in [0.717, 1.165) is 5.56 Å². The largest absolute Gasteiger partial charge is 0.469 e. The Morgan fingerprint density at radius 3 is 3.08 bits per heavy atom. The quantitative estimate of drug-likeness (QED) is 0.731. The number of aromatic nitrogens is 1. The van der Waals surface area contributed by atoms with E-state index in [2.05, 4.69) is 4.98 Å². The van der Waals surface area contributed by atoms with E-state index in [1.54, 1.807) is 18.3 Å². The third-order valence-corrected chi connectivity index (χ3v) is 1.91. The molecule has 0 aromatic carbocycles. The molecule has 0 atom stereocenters. The maximum Gasteiger partial charge on any atom is 0.219 e. The number of rotatable bonds is 3. The zero-order valence-corrected chi connectivity index (χ0v) is 7.14. The van der Waals surface area contributed by atoms with Crippen molar-refractivity contribution in [2.24, 2.45) is 0 Å². The topological polar surface area (TPSA) is 51.6 Å². The lowest BCUT2D eigenvalue weighted by molar-refractivity contribution is -0.0819. The molecule has 1 aromatic heterocycles. The van der Waals surface area contributed by atoms with Crippen LogP contribution in [-0.2, 0) is 11.3 Å². The first kappa shape index (κ1) is 8.47. The summed E-state index contributed by atoms with van der Waals surface area (Å²) in [5, 5.41) is 8.97. The van der Waals surface area contributed by atoms with Gasteiger partial charge in [0.15, 0.2) is 0 Å². The molecule has 0 aliphatic carbocycles. The maximum atomic E-state index is 8.97. The number of aliphatic hydroxyl groups is 1. The molecule has 1 saturated heterocycles. The van der Waals surface area contributed by atoms with Crippen molar-refractivity contribution in [2.75, 3.05) is 13.2 Å². The summed E-state index contributed by atoms with van der Waals surface area (Å²) in [7, 11) is 0. The van der Waals surface area contributed by atoms with Crippen molar-refractivity contribution in [2.45, 2.75) is 12.7 Å². The van der Waals surface area contributed by atoms with E-state index in [9.17, 15) is 0 Å². The van der Waals surface area contributed by atoms with Crippen LogP contribution in [0.5, 0.6) is 5.88 Å². The number of nitrogens with zero attached hydrogens (tertiary/aromatic N) is 1. The normalized spacial score (nSPS) is 16.7. The molecule has 70 valence electrons. The van der Waals surface area contributed by atoms with Gasteiger partial charge in [-0.15, -0.1) is 0 Å². The number of pyridine rings is 1. The molecule has 4 heteroatoms. The third-order valence-electron chi connectivity index (χ3n) is 1.91. The molecule has 2 rings (SSSR count). The van der Waals surface area contributed by atoms with Crippen LogP contribution in [0, 0.1) is 0 Å². The summed E-state index contributed by atoms with van der Waals surface area (Å²) in [4.78, 5) is 4.03. The van der Waals surface area contributed by atoms with Crippen molar-refractivity contribution in [3.8, 4) is 5.88 Å². The first-order valence-electron chi connectivity index (χ1n) is 4.19. The van der Waals surface area contributed by atoms with Crippen molar-refractivity contribution in [1.82, 2.24) is 4.98 Å². The first-order chi connectivity index (χ1) is 6.40. The van der Waals surface area contributed by atoms with Crippen molar-refractivity contribution in [1.29, 1.82) is 0 Å². The van der Waals surface area contributed by atoms with Crippen molar-refractivity contribution >= 4 is 0 Å². The highest BCUT2D eigenvalue weighted by atomic mass is 16.6. The summed E-state index contributed by atoms with van der Waals surface area (Å²) >= 11 is 0. The molecule has 0 spiro atoms. The minimum absolute atomic E-state index is 0.0449. The van der Waals surface area contributed by atoms with Gasteiger partial charge in [-0.05, 0) is 12.1 Å². The minimum Gasteiger partial charge on any atom is -0.469 e. The third kappa shape index (κ3) is 1.79. The second-order valence-electron chi connectivity index (χ2n) is 2.90. The summed E-state index contributed by atoms with van der Waals surface area (Å²) in [6.07, 6.45) is 1.74. The predicted molar refractivity (Wildman–Crippen MR) is 45.4 cm³/mol. The van der Waals surface area contributed by atoms with Crippen LogP contribution in [0.2, 0.25) is 0 Å². The molecule has 1 N–H and O–H groups in total. The standard InChI is InChI=1S/C9H11NO3/c11-4-7-2-1-3-10-9(7)13-8-5-12-6-8/h1-3,8,11H,4-6H2. The van der Waals surface area contributed by atoms with E-state index in [1.165, 1.54) is 0 Å². The molecule has 1 aromatic rings. The van der Waals surface area contributed by atoms with Crippen molar-refractivity contribution < 1.29 is 14.6 Å². The van der Waals surface area contributed by atoms with Crippen LogP contribution >= 0.6 is 0 Å². The molecular weight excluding hydrogens is 170 g/mol. The highest BCUT2D eigenvalue weighted by Gasteiger charge is 2.21. The SMILES string of the molecule is OCc1cccnc1OC1COC1. The zero-order valence-electron chi connectivity index (χ0n) is 7.14. The van der Waals surface area contributed by atoms with Gasteiger partial charge in [0.05, 0.1) is 19.8 Å². The Kier molecular flexibility index (Phi) is 2.42. The Labute approximate surface area is 76.1 Å².